The van der Waals surface area contributed by atoms with Crippen molar-refractivity contribution in [2.45, 2.75) is 452 Å². The van der Waals surface area contributed by atoms with Crippen molar-refractivity contribution >= 4 is 39.5 Å². The molecule has 3 N–H and O–H groups in total. The second kappa shape index (κ2) is 73.6. The fourth-order valence-corrected chi connectivity index (χ4v) is 14.3. The molecule has 0 bridgehead atoms. The van der Waals surface area contributed by atoms with Gasteiger partial charge in [-0.05, 0) is 37.5 Å². The van der Waals surface area contributed by atoms with Gasteiger partial charge in [-0.2, -0.15) is 0 Å². The molecule has 0 saturated heterocycles. The van der Waals surface area contributed by atoms with E-state index in [-0.39, 0.29) is 25.7 Å². The van der Waals surface area contributed by atoms with Gasteiger partial charge in [-0.25, -0.2) is 9.13 Å². The summed E-state index contributed by atoms with van der Waals surface area (Å²) in [7, 11) is -9.92. The monoisotopic (exact) mass is 1480 g/mol. The first-order valence-electron chi connectivity index (χ1n) is 42.5. The predicted molar refractivity (Wildman–Crippen MR) is 414 cm³/mol. The van der Waals surface area contributed by atoms with Crippen LogP contribution in [0.3, 0.4) is 0 Å². The summed E-state index contributed by atoms with van der Waals surface area (Å²) in [4.78, 5) is 73.0. The fourth-order valence-electron chi connectivity index (χ4n) is 12.7. The van der Waals surface area contributed by atoms with Crippen molar-refractivity contribution in [1.82, 2.24) is 0 Å². The molecule has 600 valence electrons. The largest absolute Gasteiger partial charge is 0.472 e. The number of unbranched alkanes of at least 4 members (excludes halogenated alkanes) is 50. The van der Waals surface area contributed by atoms with Crippen molar-refractivity contribution < 1.29 is 80.2 Å². The number of hydrogen-bond donors (Lipinski definition) is 3. The Hall–Kier alpha value is -1.94. The molecular weight excluding hydrogens is 1320 g/mol. The van der Waals surface area contributed by atoms with Crippen LogP contribution in [0.15, 0.2) is 0 Å². The van der Waals surface area contributed by atoms with Gasteiger partial charge in [0.25, 0.3) is 0 Å². The normalized spacial score (nSPS) is 14.2. The van der Waals surface area contributed by atoms with Gasteiger partial charge in [-0.15, -0.1) is 0 Å². The molecule has 0 amide bonds. The van der Waals surface area contributed by atoms with Gasteiger partial charge >= 0.3 is 39.5 Å². The molecular formula is C82H160O17P2. The highest BCUT2D eigenvalue weighted by Crippen LogP contribution is 2.45. The van der Waals surface area contributed by atoms with Crippen molar-refractivity contribution in [1.29, 1.82) is 0 Å². The van der Waals surface area contributed by atoms with Gasteiger partial charge in [0, 0.05) is 25.7 Å². The maximum absolute atomic E-state index is 13.1. The van der Waals surface area contributed by atoms with Crippen LogP contribution in [0.2, 0.25) is 0 Å². The summed E-state index contributed by atoms with van der Waals surface area (Å²) in [6, 6.07) is 0. The summed E-state index contributed by atoms with van der Waals surface area (Å²) >= 11 is 0. The molecule has 0 fully saturated rings. The summed E-state index contributed by atoms with van der Waals surface area (Å²) < 4.78 is 68.7. The van der Waals surface area contributed by atoms with Crippen molar-refractivity contribution in [3.05, 3.63) is 0 Å². The molecule has 0 aromatic heterocycles. The minimum absolute atomic E-state index is 0.108. The molecule has 0 aromatic carbocycles. The lowest BCUT2D eigenvalue weighted by Gasteiger charge is -2.21. The summed E-state index contributed by atoms with van der Waals surface area (Å²) in [6.45, 7) is 9.73. The van der Waals surface area contributed by atoms with E-state index in [1.54, 1.807) is 0 Å². The lowest BCUT2D eigenvalue weighted by atomic mass is 9.99. The average molecular weight is 1480 g/mol. The number of esters is 4. The Morgan fingerprint density at radius 2 is 0.505 bits per heavy atom. The Bertz CT molecular complexity index is 1940. The first kappa shape index (κ1) is 99.1. The van der Waals surface area contributed by atoms with E-state index in [1.807, 2.05) is 0 Å². The molecule has 101 heavy (non-hydrogen) atoms. The zero-order valence-corrected chi connectivity index (χ0v) is 68.0. The van der Waals surface area contributed by atoms with Crippen LogP contribution in [0.5, 0.6) is 0 Å². The molecule has 0 saturated carbocycles. The first-order valence-corrected chi connectivity index (χ1v) is 45.5. The summed E-state index contributed by atoms with van der Waals surface area (Å²) in [5.74, 6) is -0.446. The van der Waals surface area contributed by atoms with Gasteiger partial charge in [0.15, 0.2) is 12.2 Å². The first-order chi connectivity index (χ1) is 48.9. The lowest BCUT2D eigenvalue weighted by Crippen LogP contribution is -2.30. The van der Waals surface area contributed by atoms with Gasteiger partial charge in [-0.1, -0.05) is 382 Å². The minimum atomic E-state index is -4.96. The van der Waals surface area contributed by atoms with Gasteiger partial charge in [0.1, 0.15) is 19.3 Å². The number of phosphoric acid groups is 2. The molecule has 3 unspecified atom stereocenters. The van der Waals surface area contributed by atoms with Crippen LogP contribution >= 0.6 is 15.6 Å². The summed E-state index contributed by atoms with van der Waals surface area (Å²) in [6.07, 6.45) is 63.6. The van der Waals surface area contributed by atoms with E-state index < -0.39 is 97.5 Å². The number of aliphatic hydroxyl groups is 1. The van der Waals surface area contributed by atoms with E-state index in [0.717, 1.165) is 102 Å². The summed E-state index contributed by atoms with van der Waals surface area (Å²) in [5.41, 5.74) is 0. The molecule has 17 nitrogen and oxygen atoms in total. The zero-order valence-electron chi connectivity index (χ0n) is 66.2. The molecule has 0 aliphatic carbocycles. The van der Waals surface area contributed by atoms with E-state index in [4.69, 9.17) is 37.0 Å². The molecule has 0 radical (unpaired) electrons. The third-order valence-electron chi connectivity index (χ3n) is 19.6. The van der Waals surface area contributed by atoms with Gasteiger partial charge in [0.05, 0.1) is 26.4 Å². The Morgan fingerprint density at radius 3 is 0.752 bits per heavy atom. The van der Waals surface area contributed by atoms with E-state index in [0.29, 0.717) is 25.7 Å². The molecule has 0 aromatic rings. The third kappa shape index (κ3) is 74.7. The molecule has 19 heteroatoms. The van der Waals surface area contributed by atoms with Crippen molar-refractivity contribution in [3.63, 3.8) is 0 Å². The maximum Gasteiger partial charge on any atom is 0.472 e. The van der Waals surface area contributed by atoms with Crippen LogP contribution in [0.4, 0.5) is 0 Å². The van der Waals surface area contributed by atoms with Crippen molar-refractivity contribution in [3.8, 4) is 0 Å². The zero-order chi connectivity index (χ0) is 74.2. The standard InChI is InChI=1S/C82H160O17P2/c1-7-10-12-14-16-18-20-21-30-36-42-48-54-60-66-81(86)98-77(70-92-79(84)64-58-52-46-40-19-17-15-13-11-8-2)72-96-100(88,89)94-68-76(83)69-95-101(90,91)97-73-78(71-93-80(85)65-59-53-47-41-35-31-27-26-29-34-39-45-51-57-63-75(6)9-3)99-82(87)67-61-55-49-43-37-32-25-23-22-24-28-33-38-44-50-56-62-74(4)5/h74-78,83H,7-73H2,1-6H3,(H,88,89)(H,90,91)/t75?,76-,77+,78+/m0/s1. The number of carbonyl (C=O) groups excluding carboxylic acids is 4. The van der Waals surface area contributed by atoms with Crippen LogP contribution in [0.1, 0.15) is 433 Å². The molecule has 0 rings (SSSR count). The third-order valence-corrected chi connectivity index (χ3v) is 21.5. The number of rotatable bonds is 81. The highest BCUT2D eigenvalue weighted by atomic mass is 31.2. The smallest absolute Gasteiger partial charge is 0.462 e. The van der Waals surface area contributed by atoms with Crippen LogP contribution in [0, 0.1) is 11.8 Å². The maximum atomic E-state index is 13.1. The highest BCUT2D eigenvalue weighted by Gasteiger charge is 2.30. The second-order valence-corrected chi connectivity index (χ2v) is 33.1. The van der Waals surface area contributed by atoms with E-state index in [2.05, 4.69) is 41.5 Å². The molecule has 0 aliphatic heterocycles. The molecule has 0 aliphatic rings. The van der Waals surface area contributed by atoms with Crippen LogP contribution in [-0.4, -0.2) is 96.7 Å². The second-order valence-electron chi connectivity index (χ2n) is 30.2. The predicted octanol–water partition coefficient (Wildman–Crippen LogP) is 24.7. The molecule has 0 spiro atoms. The Labute approximate surface area is 619 Å². The SMILES string of the molecule is CCCCCCCCCCCCCCCCC(=O)O[C@H](COC(=O)CCCCCCCCCCCC)COP(=O)(O)OC[C@H](O)COP(=O)(O)OC[C@@H](COC(=O)CCCCCCCCCCCCCCCCC(C)CC)OC(=O)CCCCCCCCCCCCCCCCCCC(C)C. The minimum Gasteiger partial charge on any atom is -0.462 e. The van der Waals surface area contributed by atoms with E-state index in [1.165, 1.54) is 250 Å². The number of phosphoric ester groups is 2. The molecule has 0 heterocycles. The number of carbonyl (C=O) groups is 4. The van der Waals surface area contributed by atoms with Crippen molar-refractivity contribution in [2.24, 2.45) is 11.8 Å². The van der Waals surface area contributed by atoms with Crippen molar-refractivity contribution in [2.75, 3.05) is 39.6 Å². The fraction of sp³-hybridized carbons (Fsp3) is 0.951. The van der Waals surface area contributed by atoms with E-state index >= 15 is 0 Å². The number of aliphatic hydroxyl groups excluding tert-OH is 1. The molecule has 6 atom stereocenters. The van der Waals surface area contributed by atoms with Gasteiger partial charge < -0.3 is 33.8 Å². The Balaban J connectivity index is 5.24. The van der Waals surface area contributed by atoms with Gasteiger partial charge in [-0.3, -0.25) is 37.3 Å². The van der Waals surface area contributed by atoms with Crippen LogP contribution in [-0.2, 0) is 65.4 Å². The number of hydrogen-bond acceptors (Lipinski definition) is 15. The highest BCUT2D eigenvalue weighted by molar-refractivity contribution is 7.47. The Morgan fingerprint density at radius 1 is 0.287 bits per heavy atom. The average Bonchev–Trinajstić information content (AvgIpc) is 0.930. The Kier molecular flexibility index (Phi) is 72.2. The van der Waals surface area contributed by atoms with E-state index in [9.17, 15) is 43.2 Å². The summed E-state index contributed by atoms with van der Waals surface area (Å²) in [5, 5.41) is 10.6. The van der Waals surface area contributed by atoms with Gasteiger partial charge in [0.2, 0.25) is 0 Å². The van der Waals surface area contributed by atoms with Crippen LogP contribution in [0.25, 0.3) is 0 Å². The lowest BCUT2D eigenvalue weighted by molar-refractivity contribution is -0.161. The quantitative estimate of drug-likeness (QED) is 0.0222. The number of ether oxygens (including phenoxy) is 4. The topological polar surface area (TPSA) is 237 Å². The van der Waals surface area contributed by atoms with Crippen LogP contribution < -0.4 is 0 Å².